The molecular weight excluding hydrogens is 344 g/mol. The molecule has 0 saturated carbocycles. The topological polar surface area (TPSA) is 71.7 Å². The molecule has 1 aliphatic rings. The normalized spacial score (nSPS) is 14.3. The summed E-state index contributed by atoms with van der Waals surface area (Å²) < 4.78 is 11.0. The van der Waals surface area contributed by atoms with Crippen LogP contribution in [-0.2, 0) is 0 Å². The monoisotopic (exact) mass is 364 g/mol. The molecule has 0 radical (unpaired) electrons. The van der Waals surface area contributed by atoms with Crippen molar-refractivity contribution in [1.82, 2.24) is 15.1 Å². The maximum absolute atomic E-state index is 12.7. The summed E-state index contributed by atoms with van der Waals surface area (Å²) in [7, 11) is 1.59. The molecule has 4 rings (SSSR count). The Labute approximate surface area is 157 Å². The van der Waals surface area contributed by atoms with Crippen molar-refractivity contribution in [3.63, 3.8) is 0 Å². The molecule has 2 aromatic carbocycles. The quantitative estimate of drug-likeness (QED) is 0.709. The second-order valence-electron chi connectivity index (χ2n) is 6.27. The summed E-state index contributed by atoms with van der Waals surface area (Å²) in [5.74, 6) is 1.18. The van der Waals surface area contributed by atoms with Crippen molar-refractivity contribution >= 4 is 11.9 Å². The minimum absolute atomic E-state index is 0.00375. The van der Waals surface area contributed by atoms with Gasteiger partial charge < -0.3 is 19.0 Å². The highest BCUT2D eigenvalue weighted by molar-refractivity contribution is 5.94. The van der Waals surface area contributed by atoms with Gasteiger partial charge in [0.25, 0.3) is 5.91 Å². The number of ether oxygens (including phenoxy) is 1. The van der Waals surface area contributed by atoms with Crippen molar-refractivity contribution in [3.05, 3.63) is 60.2 Å². The van der Waals surface area contributed by atoms with Crippen molar-refractivity contribution in [3.8, 4) is 17.2 Å². The lowest BCUT2D eigenvalue weighted by molar-refractivity contribution is 0.0744. The van der Waals surface area contributed by atoms with E-state index in [2.05, 4.69) is 10.2 Å². The van der Waals surface area contributed by atoms with Gasteiger partial charge in [0.15, 0.2) is 0 Å². The molecule has 0 unspecified atom stereocenters. The van der Waals surface area contributed by atoms with Crippen LogP contribution in [0.4, 0.5) is 6.01 Å². The Morgan fingerprint density at radius 1 is 1.00 bits per heavy atom. The van der Waals surface area contributed by atoms with Crippen molar-refractivity contribution < 1.29 is 13.9 Å². The summed E-state index contributed by atoms with van der Waals surface area (Å²) in [5, 5.41) is 8.29. The zero-order valence-corrected chi connectivity index (χ0v) is 15.0. The fourth-order valence-electron chi connectivity index (χ4n) is 3.08. The Bertz CT molecular complexity index is 918. The van der Waals surface area contributed by atoms with Crippen molar-refractivity contribution in [2.45, 2.75) is 0 Å². The standard InChI is InChI=1S/C20H20N4O3/c1-26-17-9-5-8-16(14-17)19(25)23-10-12-24(13-11-23)20-22-21-18(27-20)15-6-3-2-4-7-15/h2-9,14H,10-13H2,1H3. The van der Waals surface area contributed by atoms with E-state index < -0.39 is 0 Å². The molecule has 1 aromatic heterocycles. The smallest absolute Gasteiger partial charge is 0.318 e. The van der Waals surface area contributed by atoms with Crippen LogP contribution in [-0.4, -0.2) is 54.3 Å². The molecule has 0 N–H and O–H groups in total. The lowest BCUT2D eigenvalue weighted by Gasteiger charge is -2.33. The number of amides is 1. The summed E-state index contributed by atoms with van der Waals surface area (Å²) in [4.78, 5) is 16.5. The van der Waals surface area contributed by atoms with Gasteiger partial charge in [-0.3, -0.25) is 4.79 Å². The Morgan fingerprint density at radius 3 is 2.52 bits per heavy atom. The minimum Gasteiger partial charge on any atom is -0.497 e. The lowest BCUT2D eigenvalue weighted by atomic mass is 10.1. The number of carbonyl (C=O) groups excluding carboxylic acids is 1. The maximum Gasteiger partial charge on any atom is 0.318 e. The van der Waals surface area contributed by atoms with Crippen molar-refractivity contribution in [2.75, 3.05) is 38.2 Å². The Balaban J connectivity index is 1.40. The number of hydrogen-bond acceptors (Lipinski definition) is 6. The Hall–Kier alpha value is -3.35. The van der Waals surface area contributed by atoms with Gasteiger partial charge in [-0.2, -0.15) is 0 Å². The van der Waals surface area contributed by atoms with Crippen LogP contribution in [0.25, 0.3) is 11.5 Å². The summed E-state index contributed by atoms with van der Waals surface area (Å²) in [6, 6.07) is 17.4. The van der Waals surface area contributed by atoms with E-state index in [4.69, 9.17) is 9.15 Å². The molecule has 7 heteroatoms. The summed E-state index contributed by atoms with van der Waals surface area (Å²) in [6.45, 7) is 2.48. The van der Waals surface area contributed by atoms with Gasteiger partial charge in [0.05, 0.1) is 7.11 Å². The van der Waals surface area contributed by atoms with E-state index in [0.717, 1.165) is 5.56 Å². The first-order valence-electron chi connectivity index (χ1n) is 8.82. The average Bonchev–Trinajstić information content (AvgIpc) is 3.24. The molecule has 1 fully saturated rings. The first kappa shape index (κ1) is 17.1. The van der Waals surface area contributed by atoms with E-state index in [1.807, 2.05) is 52.3 Å². The largest absolute Gasteiger partial charge is 0.497 e. The molecule has 2 heterocycles. The van der Waals surface area contributed by atoms with E-state index in [-0.39, 0.29) is 5.91 Å². The van der Waals surface area contributed by atoms with E-state index in [1.165, 1.54) is 0 Å². The highest BCUT2D eigenvalue weighted by atomic mass is 16.5. The number of nitrogens with zero attached hydrogens (tertiary/aromatic N) is 4. The number of hydrogen-bond donors (Lipinski definition) is 0. The number of anilines is 1. The molecule has 3 aromatic rings. The van der Waals surface area contributed by atoms with Crippen LogP contribution >= 0.6 is 0 Å². The summed E-state index contributed by atoms with van der Waals surface area (Å²) in [6.07, 6.45) is 0. The number of methoxy groups -OCH3 is 1. The van der Waals surface area contributed by atoms with Gasteiger partial charge in [0.2, 0.25) is 5.89 Å². The van der Waals surface area contributed by atoms with Crippen LogP contribution in [0.1, 0.15) is 10.4 Å². The Kier molecular flexibility index (Phi) is 4.74. The lowest BCUT2D eigenvalue weighted by Crippen LogP contribution is -2.48. The Morgan fingerprint density at radius 2 is 1.78 bits per heavy atom. The zero-order valence-electron chi connectivity index (χ0n) is 15.0. The van der Waals surface area contributed by atoms with Gasteiger partial charge in [-0.25, -0.2) is 0 Å². The third-order valence-corrected chi connectivity index (χ3v) is 4.59. The van der Waals surface area contributed by atoms with Gasteiger partial charge in [0.1, 0.15) is 5.75 Å². The van der Waals surface area contributed by atoms with Gasteiger partial charge in [-0.05, 0) is 30.3 Å². The number of rotatable bonds is 4. The summed E-state index contributed by atoms with van der Waals surface area (Å²) >= 11 is 0. The molecule has 1 amide bonds. The van der Waals surface area contributed by atoms with Crippen LogP contribution in [0.5, 0.6) is 5.75 Å². The molecule has 1 aliphatic heterocycles. The van der Waals surface area contributed by atoms with Gasteiger partial charge in [-0.1, -0.05) is 29.4 Å². The van der Waals surface area contributed by atoms with Crippen molar-refractivity contribution in [1.29, 1.82) is 0 Å². The molecule has 0 atom stereocenters. The van der Waals surface area contributed by atoms with Crippen LogP contribution in [0.15, 0.2) is 59.0 Å². The fourth-order valence-corrected chi connectivity index (χ4v) is 3.08. The second kappa shape index (κ2) is 7.49. The molecule has 0 spiro atoms. The molecule has 0 aliphatic carbocycles. The van der Waals surface area contributed by atoms with Gasteiger partial charge in [-0.15, -0.1) is 5.10 Å². The first-order valence-corrected chi connectivity index (χ1v) is 8.82. The highest BCUT2D eigenvalue weighted by Crippen LogP contribution is 2.23. The molecular formula is C20H20N4O3. The minimum atomic E-state index is 0.00375. The van der Waals surface area contributed by atoms with E-state index in [9.17, 15) is 4.79 Å². The SMILES string of the molecule is COc1cccc(C(=O)N2CCN(c3nnc(-c4ccccc4)o3)CC2)c1. The number of piperazine rings is 1. The molecule has 138 valence electrons. The van der Waals surface area contributed by atoms with Gasteiger partial charge in [0, 0.05) is 37.3 Å². The van der Waals surface area contributed by atoms with Crippen LogP contribution in [0.2, 0.25) is 0 Å². The fraction of sp³-hybridized carbons (Fsp3) is 0.250. The maximum atomic E-state index is 12.7. The predicted molar refractivity (Wildman–Crippen MR) is 101 cm³/mol. The predicted octanol–water partition coefficient (Wildman–Crippen LogP) is 2.71. The molecule has 7 nitrogen and oxygen atoms in total. The van der Waals surface area contributed by atoms with E-state index in [1.54, 1.807) is 19.2 Å². The number of benzene rings is 2. The van der Waals surface area contributed by atoms with E-state index in [0.29, 0.717) is 49.4 Å². The van der Waals surface area contributed by atoms with E-state index >= 15 is 0 Å². The number of aromatic nitrogens is 2. The van der Waals surface area contributed by atoms with Crippen LogP contribution in [0.3, 0.4) is 0 Å². The molecule has 27 heavy (non-hydrogen) atoms. The van der Waals surface area contributed by atoms with Crippen molar-refractivity contribution in [2.24, 2.45) is 0 Å². The second-order valence-corrected chi connectivity index (χ2v) is 6.27. The average molecular weight is 364 g/mol. The number of carbonyl (C=O) groups is 1. The first-order chi connectivity index (χ1) is 13.2. The van der Waals surface area contributed by atoms with Crippen LogP contribution in [0, 0.1) is 0 Å². The molecule has 1 saturated heterocycles. The summed E-state index contributed by atoms with van der Waals surface area (Å²) in [5.41, 5.74) is 1.52. The van der Waals surface area contributed by atoms with Gasteiger partial charge >= 0.3 is 6.01 Å². The molecule has 0 bridgehead atoms. The zero-order chi connectivity index (χ0) is 18.6. The third kappa shape index (κ3) is 3.62. The highest BCUT2D eigenvalue weighted by Gasteiger charge is 2.25. The third-order valence-electron chi connectivity index (χ3n) is 4.59. The van der Waals surface area contributed by atoms with Crippen LogP contribution < -0.4 is 9.64 Å².